The van der Waals surface area contributed by atoms with Crippen LogP contribution in [0.15, 0.2) is 24.3 Å². The van der Waals surface area contributed by atoms with Crippen LogP contribution >= 0.6 is 0 Å². The topological polar surface area (TPSA) is 49.3 Å². The van der Waals surface area contributed by atoms with Gasteiger partial charge in [-0.05, 0) is 43.5 Å². The number of hydrogen-bond acceptors (Lipinski definition) is 2. The van der Waals surface area contributed by atoms with Crippen molar-refractivity contribution in [3.05, 3.63) is 35.4 Å². The Morgan fingerprint density at radius 1 is 1.16 bits per heavy atom. The maximum atomic E-state index is 10.6. The molecule has 0 aromatic heterocycles. The Labute approximate surface area is 116 Å². The minimum atomic E-state index is -0.715. The van der Waals surface area contributed by atoms with Gasteiger partial charge in [-0.3, -0.25) is 4.79 Å². The van der Waals surface area contributed by atoms with Crippen molar-refractivity contribution in [3.8, 4) is 0 Å². The van der Waals surface area contributed by atoms with Gasteiger partial charge in [0.2, 0.25) is 0 Å². The van der Waals surface area contributed by atoms with E-state index in [1.807, 2.05) is 0 Å². The lowest BCUT2D eigenvalue weighted by Gasteiger charge is -2.08. The molecule has 19 heavy (non-hydrogen) atoms. The fourth-order valence-electron chi connectivity index (χ4n) is 1.96. The minimum Gasteiger partial charge on any atom is -0.481 e. The summed E-state index contributed by atoms with van der Waals surface area (Å²) in [5.41, 5.74) is 2.73. The quantitative estimate of drug-likeness (QED) is 0.674. The summed E-state index contributed by atoms with van der Waals surface area (Å²) in [7, 11) is 0. The molecule has 0 saturated heterocycles. The maximum Gasteiger partial charge on any atom is 0.306 e. The Balaban J connectivity index is 2.17. The molecule has 1 unspecified atom stereocenters. The first-order valence-corrected chi connectivity index (χ1v) is 7.14. The number of carboxylic acids is 1. The van der Waals surface area contributed by atoms with Crippen LogP contribution in [0.25, 0.3) is 0 Å². The number of aliphatic carboxylic acids is 1. The number of aryl methyl sites for hydroxylation is 1. The summed E-state index contributed by atoms with van der Waals surface area (Å²) in [5, 5.41) is 12.1. The smallest absolute Gasteiger partial charge is 0.306 e. The number of benzene rings is 1. The van der Waals surface area contributed by atoms with Crippen molar-refractivity contribution in [3.63, 3.8) is 0 Å². The first-order chi connectivity index (χ1) is 9.13. The van der Waals surface area contributed by atoms with E-state index in [0.717, 1.165) is 25.9 Å². The van der Waals surface area contributed by atoms with Crippen LogP contribution < -0.4 is 5.32 Å². The molecule has 0 saturated carbocycles. The highest BCUT2D eigenvalue weighted by atomic mass is 16.4. The number of carboxylic acid groups (broad SMARTS) is 1. The molecular formula is C16H25NO2. The van der Waals surface area contributed by atoms with Gasteiger partial charge in [-0.15, -0.1) is 0 Å². The van der Waals surface area contributed by atoms with E-state index in [-0.39, 0.29) is 5.92 Å². The van der Waals surface area contributed by atoms with Gasteiger partial charge in [0.25, 0.3) is 0 Å². The number of carbonyl (C=O) groups is 1. The van der Waals surface area contributed by atoms with Crippen LogP contribution in [0.1, 0.15) is 37.8 Å². The molecule has 0 amide bonds. The second kappa shape index (κ2) is 8.70. The standard InChI is InChI=1S/C16H25NO2/c1-3-4-14-5-7-15(8-6-14)10-12-17-11-9-13(2)16(18)19/h5-8,13,17H,3-4,9-12H2,1-2H3,(H,18,19). The summed E-state index contributed by atoms with van der Waals surface area (Å²) < 4.78 is 0. The number of nitrogens with one attached hydrogen (secondary N) is 1. The SMILES string of the molecule is CCCc1ccc(CCNCCC(C)C(=O)O)cc1. The van der Waals surface area contributed by atoms with Gasteiger partial charge in [0.15, 0.2) is 0 Å². The zero-order valence-corrected chi connectivity index (χ0v) is 12.0. The summed E-state index contributed by atoms with van der Waals surface area (Å²) in [5.74, 6) is -0.978. The molecule has 0 radical (unpaired) electrons. The zero-order valence-electron chi connectivity index (χ0n) is 12.0. The van der Waals surface area contributed by atoms with E-state index >= 15 is 0 Å². The summed E-state index contributed by atoms with van der Waals surface area (Å²) in [4.78, 5) is 10.6. The van der Waals surface area contributed by atoms with Crippen LogP contribution in [0.3, 0.4) is 0 Å². The van der Waals surface area contributed by atoms with Crippen molar-refractivity contribution in [2.45, 2.75) is 39.5 Å². The molecule has 3 nitrogen and oxygen atoms in total. The van der Waals surface area contributed by atoms with E-state index in [1.165, 1.54) is 17.5 Å². The molecule has 2 N–H and O–H groups in total. The average molecular weight is 263 g/mol. The second-order valence-electron chi connectivity index (χ2n) is 5.09. The lowest BCUT2D eigenvalue weighted by Crippen LogP contribution is -2.22. The Hall–Kier alpha value is -1.35. The monoisotopic (exact) mass is 263 g/mol. The highest BCUT2D eigenvalue weighted by Crippen LogP contribution is 2.07. The summed E-state index contributed by atoms with van der Waals surface area (Å²) in [6.07, 6.45) is 4.01. The Morgan fingerprint density at radius 2 is 1.74 bits per heavy atom. The lowest BCUT2D eigenvalue weighted by atomic mass is 10.1. The van der Waals surface area contributed by atoms with Crippen LogP contribution in [0, 0.1) is 5.92 Å². The van der Waals surface area contributed by atoms with Crippen LogP contribution in [0.2, 0.25) is 0 Å². The minimum absolute atomic E-state index is 0.263. The van der Waals surface area contributed by atoms with Crippen LogP contribution in [-0.4, -0.2) is 24.2 Å². The van der Waals surface area contributed by atoms with E-state index in [1.54, 1.807) is 6.92 Å². The third-order valence-corrected chi connectivity index (χ3v) is 3.33. The van der Waals surface area contributed by atoms with Crippen molar-refractivity contribution >= 4 is 5.97 Å². The summed E-state index contributed by atoms with van der Waals surface area (Å²) >= 11 is 0. The van der Waals surface area contributed by atoms with E-state index in [0.29, 0.717) is 6.42 Å². The van der Waals surface area contributed by atoms with Gasteiger partial charge in [0.1, 0.15) is 0 Å². The van der Waals surface area contributed by atoms with Gasteiger partial charge in [-0.1, -0.05) is 44.5 Å². The molecule has 0 aliphatic carbocycles. The first-order valence-electron chi connectivity index (χ1n) is 7.14. The molecule has 0 aliphatic rings. The summed E-state index contributed by atoms with van der Waals surface area (Å²) in [6, 6.07) is 8.77. The highest BCUT2D eigenvalue weighted by molar-refractivity contribution is 5.69. The van der Waals surface area contributed by atoms with Gasteiger partial charge in [0.05, 0.1) is 5.92 Å². The average Bonchev–Trinajstić information content (AvgIpc) is 2.40. The molecule has 0 fully saturated rings. The zero-order chi connectivity index (χ0) is 14.1. The molecule has 0 bridgehead atoms. The third kappa shape index (κ3) is 6.39. The Morgan fingerprint density at radius 3 is 2.26 bits per heavy atom. The summed E-state index contributed by atoms with van der Waals surface area (Å²) in [6.45, 7) is 5.60. The van der Waals surface area contributed by atoms with Gasteiger partial charge in [-0.25, -0.2) is 0 Å². The van der Waals surface area contributed by atoms with Crippen LogP contribution in [0.5, 0.6) is 0 Å². The molecule has 1 atom stereocenters. The number of rotatable bonds is 9. The molecule has 1 aromatic carbocycles. The second-order valence-corrected chi connectivity index (χ2v) is 5.09. The fourth-order valence-corrected chi connectivity index (χ4v) is 1.96. The van der Waals surface area contributed by atoms with Crippen molar-refractivity contribution in [2.75, 3.05) is 13.1 Å². The van der Waals surface area contributed by atoms with Crippen molar-refractivity contribution in [1.82, 2.24) is 5.32 Å². The van der Waals surface area contributed by atoms with Crippen molar-refractivity contribution < 1.29 is 9.90 Å². The van der Waals surface area contributed by atoms with Crippen molar-refractivity contribution in [2.24, 2.45) is 5.92 Å². The first kappa shape index (κ1) is 15.7. The lowest BCUT2D eigenvalue weighted by molar-refractivity contribution is -0.141. The normalized spacial score (nSPS) is 12.3. The number of hydrogen-bond donors (Lipinski definition) is 2. The molecule has 3 heteroatoms. The fraction of sp³-hybridized carbons (Fsp3) is 0.562. The van der Waals surface area contributed by atoms with E-state index in [9.17, 15) is 4.79 Å². The predicted octanol–water partition coefficient (Wildman–Crippen LogP) is 2.88. The maximum absolute atomic E-state index is 10.6. The molecule has 0 aliphatic heterocycles. The Bertz CT molecular complexity index is 373. The van der Waals surface area contributed by atoms with Gasteiger partial charge in [0, 0.05) is 0 Å². The van der Waals surface area contributed by atoms with E-state index in [2.05, 4.69) is 36.5 Å². The van der Waals surface area contributed by atoms with Crippen LogP contribution in [-0.2, 0) is 17.6 Å². The Kier molecular flexibility index (Phi) is 7.19. The largest absolute Gasteiger partial charge is 0.481 e. The van der Waals surface area contributed by atoms with Crippen molar-refractivity contribution in [1.29, 1.82) is 0 Å². The molecular weight excluding hydrogens is 238 g/mol. The van der Waals surface area contributed by atoms with Gasteiger partial charge in [-0.2, -0.15) is 0 Å². The molecule has 0 spiro atoms. The van der Waals surface area contributed by atoms with E-state index in [4.69, 9.17) is 5.11 Å². The predicted molar refractivity (Wildman–Crippen MR) is 78.4 cm³/mol. The van der Waals surface area contributed by atoms with Crippen LogP contribution in [0.4, 0.5) is 0 Å². The molecule has 1 aromatic rings. The third-order valence-electron chi connectivity index (χ3n) is 3.33. The van der Waals surface area contributed by atoms with E-state index < -0.39 is 5.97 Å². The van der Waals surface area contributed by atoms with Gasteiger partial charge >= 0.3 is 5.97 Å². The van der Waals surface area contributed by atoms with Gasteiger partial charge < -0.3 is 10.4 Å². The molecule has 1 rings (SSSR count). The molecule has 106 valence electrons. The molecule has 0 heterocycles. The highest BCUT2D eigenvalue weighted by Gasteiger charge is 2.09.